The Morgan fingerprint density at radius 3 is 2.63 bits per heavy atom. The minimum Gasteiger partial charge on any atom is -0.388 e. The molecule has 2 rings (SSSR count). The van der Waals surface area contributed by atoms with Gasteiger partial charge in [0.25, 0.3) is 0 Å². The van der Waals surface area contributed by atoms with Crippen molar-refractivity contribution in [2.45, 2.75) is 58.1 Å². The summed E-state index contributed by atoms with van der Waals surface area (Å²) in [6.45, 7) is 1.29. The molecular weight excluding hydrogens is 242 g/mol. The molecule has 0 aliphatic heterocycles. The highest BCUT2D eigenvalue weighted by molar-refractivity contribution is 4.95. The van der Waals surface area contributed by atoms with Crippen LogP contribution in [0, 0.1) is 5.92 Å². The van der Waals surface area contributed by atoms with Crippen LogP contribution in [0.3, 0.4) is 0 Å². The molecule has 0 atom stereocenters. The smallest absolute Gasteiger partial charge is 0.158 e. The monoisotopic (exact) mass is 267 g/mol. The molecule has 0 amide bonds. The van der Waals surface area contributed by atoms with E-state index in [2.05, 4.69) is 10.2 Å². The molecule has 1 aromatic heterocycles. The predicted octanol–water partition coefficient (Wildman–Crippen LogP) is 1.93. The Morgan fingerprint density at radius 1 is 1.21 bits per heavy atom. The highest BCUT2D eigenvalue weighted by Gasteiger charge is 2.16. The van der Waals surface area contributed by atoms with Crippen molar-refractivity contribution in [3.8, 4) is 0 Å². The van der Waals surface area contributed by atoms with Crippen molar-refractivity contribution < 1.29 is 9.84 Å². The molecule has 1 N–H and O–H groups in total. The SMILES string of the molecule is COCCn1c(CO)nnc1CCC1CCCCC1. The first kappa shape index (κ1) is 14.5. The molecule has 1 heterocycles. The van der Waals surface area contributed by atoms with Gasteiger partial charge in [0, 0.05) is 20.1 Å². The number of aliphatic hydroxyl groups is 1. The second-order valence-corrected chi connectivity index (χ2v) is 5.38. The second kappa shape index (κ2) is 7.60. The first-order chi connectivity index (χ1) is 9.35. The molecule has 1 aliphatic carbocycles. The Kier molecular flexibility index (Phi) is 5.79. The number of aliphatic hydroxyl groups excluding tert-OH is 1. The molecule has 0 radical (unpaired) electrons. The van der Waals surface area contributed by atoms with Gasteiger partial charge < -0.3 is 14.4 Å². The first-order valence-electron chi connectivity index (χ1n) is 7.36. The highest BCUT2D eigenvalue weighted by Crippen LogP contribution is 2.27. The molecule has 1 saturated carbocycles. The molecule has 5 nitrogen and oxygen atoms in total. The van der Waals surface area contributed by atoms with Crippen LogP contribution in [-0.2, 0) is 24.3 Å². The number of aryl methyl sites for hydroxylation is 1. The van der Waals surface area contributed by atoms with E-state index >= 15 is 0 Å². The summed E-state index contributed by atoms with van der Waals surface area (Å²) in [6, 6.07) is 0. The Hall–Kier alpha value is -0.940. The summed E-state index contributed by atoms with van der Waals surface area (Å²) in [5.41, 5.74) is 0. The lowest BCUT2D eigenvalue weighted by Gasteiger charge is -2.21. The van der Waals surface area contributed by atoms with Crippen LogP contribution < -0.4 is 0 Å². The van der Waals surface area contributed by atoms with Crippen LogP contribution in [-0.4, -0.2) is 33.6 Å². The maximum absolute atomic E-state index is 9.28. The fourth-order valence-corrected chi connectivity index (χ4v) is 2.92. The number of aromatic nitrogens is 3. The van der Waals surface area contributed by atoms with Gasteiger partial charge in [-0.25, -0.2) is 0 Å². The normalized spacial score (nSPS) is 16.9. The summed E-state index contributed by atoms with van der Waals surface area (Å²) < 4.78 is 7.11. The van der Waals surface area contributed by atoms with Crippen LogP contribution in [0.5, 0.6) is 0 Å². The summed E-state index contributed by atoms with van der Waals surface area (Å²) in [7, 11) is 1.69. The van der Waals surface area contributed by atoms with Gasteiger partial charge in [0.2, 0.25) is 0 Å². The fourth-order valence-electron chi connectivity index (χ4n) is 2.92. The lowest BCUT2D eigenvalue weighted by atomic mass is 9.86. The van der Waals surface area contributed by atoms with Gasteiger partial charge in [-0.3, -0.25) is 0 Å². The quantitative estimate of drug-likeness (QED) is 0.820. The lowest BCUT2D eigenvalue weighted by Crippen LogP contribution is -2.14. The summed E-state index contributed by atoms with van der Waals surface area (Å²) in [5, 5.41) is 17.6. The van der Waals surface area contributed by atoms with Crippen LogP contribution in [0.15, 0.2) is 0 Å². The third kappa shape index (κ3) is 4.01. The van der Waals surface area contributed by atoms with E-state index < -0.39 is 0 Å². The van der Waals surface area contributed by atoms with Gasteiger partial charge in [0.15, 0.2) is 5.82 Å². The maximum atomic E-state index is 9.28. The molecular formula is C14H25N3O2. The number of ether oxygens (including phenoxy) is 1. The zero-order valence-corrected chi connectivity index (χ0v) is 11.8. The molecule has 1 fully saturated rings. The van der Waals surface area contributed by atoms with Crippen LogP contribution in [0.4, 0.5) is 0 Å². The molecule has 0 aromatic carbocycles. The number of nitrogens with zero attached hydrogens (tertiary/aromatic N) is 3. The zero-order valence-electron chi connectivity index (χ0n) is 11.8. The van der Waals surface area contributed by atoms with Crippen LogP contribution >= 0.6 is 0 Å². The molecule has 5 heteroatoms. The van der Waals surface area contributed by atoms with E-state index in [1.807, 2.05) is 4.57 Å². The van der Waals surface area contributed by atoms with Gasteiger partial charge in [-0.15, -0.1) is 10.2 Å². The number of rotatable bonds is 7. The fraction of sp³-hybridized carbons (Fsp3) is 0.857. The van der Waals surface area contributed by atoms with E-state index in [1.165, 1.54) is 38.5 Å². The Morgan fingerprint density at radius 2 is 1.95 bits per heavy atom. The van der Waals surface area contributed by atoms with Gasteiger partial charge in [-0.05, 0) is 12.3 Å². The molecule has 19 heavy (non-hydrogen) atoms. The van der Waals surface area contributed by atoms with Gasteiger partial charge in [0.05, 0.1) is 6.61 Å². The minimum absolute atomic E-state index is 0.0554. The minimum atomic E-state index is -0.0554. The van der Waals surface area contributed by atoms with E-state index in [1.54, 1.807) is 7.11 Å². The van der Waals surface area contributed by atoms with Gasteiger partial charge >= 0.3 is 0 Å². The van der Waals surface area contributed by atoms with Crippen LogP contribution in [0.25, 0.3) is 0 Å². The van der Waals surface area contributed by atoms with E-state index in [9.17, 15) is 5.11 Å². The Labute approximate surface area is 115 Å². The molecule has 0 bridgehead atoms. The Balaban J connectivity index is 1.92. The van der Waals surface area contributed by atoms with Crippen molar-refractivity contribution in [3.05, 3.63) is 11.6 Å². The number of hydrogen-bond acceptors (Lipinski definition) is 4. The average Bonchev–Trinajstić information content (AvgIpc) is 2.86. The standard InChI is InChI=1S/C14H25N3O2/c1-19-10-9-17-13(15-16-14(17)11-18)8-7-12-5-3-2-4-6-12/h12,18H,2-11H2,1H3. The van der Waals surface area contributed by atoms with E-state index in [-0.39, 0.29) is 6.61 Å². The predicted molar refractivity (Wildman–Crippen MR) is 72.7 cm³/mol. The van der Waals surface area contributed by atoms with E-state index in [0.717, 1.165) is 24.7 Å². The number of hydrogen-bond donors (Lipinski definition) is 1. The van der Waals surface area contributed by atoms with Crippen LogP contribution in [0.2, 0.25) is 0 Å². The highest BCUT2D eigenvalue weighted by atomic mass is 16.5. The molecule has 0 spiro atoms. The second-order valence-electron chi connectivity index (χ2n) is 5.38. The molecule has 108 valence electrons. The first-order valence-corrected chi connectivity index (χ1v) is 7.36. The summed E-state index contributed by atoms with van der Waals surface area (Å²) in [5.74, 6) is 2.49. The van der Waals surface area contributed by atoms with Crippen molar-refractivity contribution in [1.82, 2.24) is 14.8 Å². The molecule has 0 saturated heterocycles. The zero-order chi connectivity index (χ0) is 13.5. The van der Waals surface area contributed by atoms with Crippen molar-refractivity contribution in [2.75, 3.05) is 13.7 Å². The van der Waals surface area contributed by atoms with E-state index in [0.29, 0.717) is 12.4 Å². The topological polar surface area (TPSA) is 60.2 Å². The third-order valence-electron chi connectivity index (χ3n) is 4.07. The molecule has 1 aromatic rings. The number of methoxy groups -OCH3 is 1. The van der Waals surface area contributed by atoms with Gasteiger partial charge in [0.1, 0.15) is 12.4 Å². The summed E-state index contributed by atoms with van der Waals surface area (Å²) in [4.78, 5) is 0. The largest absolute Gasteiger partial charge is 0.388 e. The van der Waals surface area contributed by atoms with Crippen molar-refractivity contribution >= 4 is 0 Å². The van der Waals surface area contributed by atoms with Crippen molar-refractivity contribution in [3.63, 3.8) is 0 Å². The van der Waals surface area contributed by atoms with Gasteiger partial charge in [-0.2, -0.15) is 0 Å². The van der Waals surface area contributed by atoms with Gasteiger partial charge in [-0.1, -0.05) is 32.1 Å². The molecule has 0 unspecified atom stereocenters. The van der Waals surface area contributed by atoms with E-state index in [4.69, 9.17) is 4.74 Å². The maximum Gasteiger partial charge on any atom is 0.158 e. The third-order valence-corrected chi connectivity index (χ3v) is 4.07. The van der Waals surface area contributed by atoms with Crippen molar-refractivity contribution in [2.24, 2.45) is 5.92 Å². The Bertz CT molecular complexity index is 373. The van der Waals surface area contributed by atoms with Crippen LogP contribution in [0.1, 0.15) is 50.2 Å². The average molecular weight is 267 g/mol. The summed E-state index contributed by atoms with van der Waals surface area (Å²) >= 11 is 0. The van der Waals surface area contributed by atoms with Crippen molar-refractivity contribution in [1.29, 1.82) is 0 Å². The summed E-state index contributed by atoms with van der Waals surface area (Å²) in [6.07, 6.45) is 9.02. The lowest BCUT2D eigenvalue weighted by molar-refractivity contribution is 0.181. The molecule has 1 aliphatic rings.